The van der Waals surface area contributed by atoms with Crippen molar-refractivity contribution in [2.24, 2.45) is 0 Å². The van der Waals surface area contributed by atoms with Crippen LogP contribution in [-0.2, 0) is 19.4 Å². The Morgan fingerprint density at radius 2 is 2.07 bits per heavy atom. The van der Waals surface area contributed by atoms with Gasteiger partial charge in [0.2, 0.25) is 0 Å². The van der Waals surface area contributed by atoms with Crippen LogP contribution in [0.1, 0.15) is 27.2 Å². The van der Waals surface area contributed by atoms with Crippen LogP contribution in [0.3, 0.4) is 0 Å². The van der Waals surface area contributed by atoms with E-state index in [0.29, 0.717) is 48.7 Å². The third-order valence-corrected chi connectivity index (χ3v) is 5.26. The second-order valence-electron chi connectivity index (χ2n) is 6.91. The van der Waals surface area contributed by atoms with Crippen molar-refractivity contribution < 1.29 is 13.9 Å². The summed E-state index contributed by atoms with van der Waals surface area (Å²) in [7, 11) is 0. The number of carbonyl (C=O) groups is 1. The molecular weight excluding hydrogens is 345 g/mol. The van der Waals surface area contributed by atoms with Gasteiger partial charge in [0.05, 0.1) is 17.9 Å². The van der Waals surface area contributed by atoms with Gasteiger partial charge in [-0.25, -0.2) is 4.39 Å². The highest BCUT2D eigenvalue weighted by Gasteiger charge is 2.29. The van der Waals surface area contributed by atoms with Crippen LogP contribution in [0.15, 0.2) is 42.5 Å². The van der Waals surface area contributed by atoms with E-state index < -0.39 is 0 Å². The summed E-state index contributed by atoms with van der Waals surface area (Å²) in [4.78, 5) is 15.0. The van der Waals surface area contributed by atoms with Crippen LogP contribution in [0.25, 0.3) is 11.3 Å². The Bertz CT molecular complexity index is 1040. The molecule has 0 aliphatic carbocycles. The number of rotatable bonds is 2. The molecule has 2 aliphatic rings. The van der Waals surface area contributed by atoms with Crippen molar-refractivity contribution in [3.8, 4) is 17.0 Å². The number of hydrogen-bond donors (Lipinski definition) is 1. The molecule has 0 saturated heterocycles. The molecule has 0 bridgehead atoms. The molecule has 1 aromatic heterocycles. The molecule has 1 N–H and O–H groups in total. The fourth-order valence-corrected chi connectivity index (χ4v) is 3.90. The lowest BCUT2D eigenvalue weighted by atomic mass is 9.99. The van der Waals surface area contributed by atoms with E-state index in [1.165, 1.54) is 12.1 Å². The summed E-state index contributed by atoms with van der Waals surface area (Å²) in [6, 6.07) is 12.1. The largest absolute Gasteiger partial charge is 0.492 e. The van der Waals surface area contributed by atoms with E-state index in [9.17, 15) is 9.18 Å². The van der Waals surface area contributed by atoms with Gasteiger partial charge in [-0.2, -0.15) is 5.10 Å². The Labute approximate surface area is 155 Å². The first kappa shape index (κ1) is 16.1. The number of H-pyrrole nitrogens is 1. The van der Waals surface area contributed by atoms with Gasteiger partial charge in [-0.1, -0.05) is 24.3 Å². The molecule has 0 spiro atoms. The third kappa shape index (κ3) is 2.68. The second kappa shape index (κ2) is 6.23. The number of hydrogen-bond acceptors (Lipinski definition) is 3. The van der Waals surface area contributed by atoms with Crippen molar-refractivity contribution in [3.63, 3.8) is 0 Å². The number of benzene rings is 2. The predicted molar refractivity (Wildman–Crippen MR) is 98.1 cm³/mol. The zero-order valence-corrected chi connectivity index (χ0v) is 14.7. The number of aromatic amines is 1. The molecule has 0 fully saturated rings. The number of para-hydroxylation sites is 1. The summed E-state index contributed by atoms with van der Waals surface area (Å²) >= 11 is 0. The molecule has 1 amide bonds. The fourth-order valence-electron chi connectivity index (χ4n) is 3.90. The lowest BCUT2D eigenvalue weighted by molar-refractivity contribution is 0.0731. The molecule has 3 aromatic rings. The molecular formula is C21H18FN3O2. The molecule has 2 aliphatic heterocycles. The van der Waals surface area contributed by atoms with Crippen molar-refractivity contribution in [2.45, 2.75) is 19.4 Å². The molecule has 3 heterocycles. The monoisotopic (exact) mass is 363 g/mol. The Morgan fingerprint density at radius 3 is 2.96 bits per heavy atom. The average Bonchev–Trinajstić information content (AvgIpc) is 3.33. The number of nitrogens with zero attached hydrogens (tertiary/aromatic N) is 2. The topological polar surface area (TPSA) is 58.2 Å². The minimum Gasteiger partial charge on any atom is -0.492 e. The number of fused-ring (bicyclic) bond motifs is 2. The predicted octanol–water partition coefficient (Wildman–Crippen LogP) is 3.35. The smallest absolute Gasteiger partial charge is 0.257 e. The number of ether oxygens (including phenoxy) is 1. The SMILES string of the molecule is O=C(c1cccc2c1OCC2)N1CCc2[nH]nc(-c3cccc(F)c3)c2C1. The van der Waals surface area contributed by atoms with Gasteiger partial charge < -0.3 is 9.64 Å². The summed E-state index contributed by atoms with van der Waals surface area (Å²) in [6.07, 6.45) is 1.53. The zero-order valence-electron chi connectivity index (χ0n) is 14.7. The normalized spacial score (nSPS) is 15.2. The van der Waals surface area contributed by atoms with Gasteiger partial charge in [0, 0.05) is 42.8 Å². The van der Waals surface area contributed by atoms with Gasteiger partial charge in [0.15, 0.2) is 0 Å². The zero-order chi connectivity index (χ0) is 18.4. The van der Waals surface area contributed by atoms with E-state index in [1.54, 1.807) is 6.07 Å². The van der Waals surface area contributed by atoms with E-state index in [4.69, 9.17) is 4.74 Å². The summed E-state index contributed by atoms with van der Waals surface area (Å²) < 4.78 is 19.3. The highest BCUT2D eigenvalue weighted by atomic mass is 19.1. The number of nitrogens with one attached hydrogen (secondary N) is 1. The van der Waals surface area contributed by atoms with E-state index in [2.05, 4.69) is 10.2 Å². The fraction of sp³-hybridized carbons (Fsp3) is 0.238. The Kier molecular flexibility index (Phi) is 3.70. The van der Waals surface area contributed by atoms with Crippen LogP contribution in [0.2, 0.25) is 0 Å². The standard InChI is InChI=1S/C21H18FN3O2/c22-15-5-1-4-14(11-15)19-17-12-25(9-7-18(17)23-24-19)21(26)16-6-2-3-13-8-10-27-20(13)16/h1-6,11H,7-10,12H2,(H,23,24). The minimum absolute atomic E-state index is 0.0363. The molecule has 5 nitrogen and oxygen atoms in total. The number of halogens is 1. The average molecular weight is 363 g/mol. The molecule has 5 rings (SSSR count). The van der Waals surface area contributed by atoms with Crippen molar-refractivity contribution in [1.82, 2.24) is 15.1 Å². The Balaban J connectivity index is 1.47. The van der Waals surface area contributed by atoms with Gasteiger partial charge in [0.1, 0.15) is 11.6 Å². The summed E-state index contributed by atoms with van der Waals surface area (Å²) in [5, 5.41) is 7.43. The molecule has 2 aromatic carbocycles. The summed E-state index contributed by atoms with van der Waals surface area (Å²) in [5.41, 5.74) is 5.08. The van der Waals surface area contributed by atoms with Crippen molar-refractivity contribution in [3.05, 3.63) is 70.7 Å². The highest BCUT2D eigenvalue weighted by Crippen LogP contribution is 2.33. The van der Waals surface area contributed by atoms with E-state index in [0.717, 1.165) is 23.2 Å². The minimum atomic E-state index is -0.301. The molecule has 0 atom stereocenters. The van der Waals surface area contributed by atoms with Gasteiger partial charge >= 0.3 is 0 Å². The van der Waals surface area contributed by atoms with Crippen LogP contribution >= 0.6 is 0 Å². The lowest BCUT2D eigenvalue weighted by Crippen LogP contribution is -2.36. The third-order valence-electron chi connectivity index (χ3n) is 5.26. The first-order valence-corrected chi connectivity index (χ1v) is 9.07. The van der Waals surface area contributed by atoms with Gasteiger partial charge in [-0.3, -0.25) is 9.89 Å². The number of carbonyl (C=O) groups excluding carboxylic acids is 1. The Hall–Kier alpha value is -3.15. The van der Waals surface area contributed by atoms with Crippen LogP contribution in [0.5, 0.6) is 5.75 Å². The van der Waals surface area contributed by atoms with E-state index in [1.807, 2.05) is 29.2 Å². The van der Waals surface area contributed by atoms with E-state index >= 15 is 0 Å². The van der Waals surface area contributed by atoms with Gasteiger partial charge in [-0.05, 0) is 23.8 Å². The van der Waals surface area contributed by atoms with Crippen molar-refractivity contribution >= 4 is 5.91 Å². The first-order chi connectivity index (χ1) is 13.2. The molecule has 136 valence electrons. The maximum atomic E-state index is 13.6. The maximum Gasteiger partial charge on any atom is 0.257 e. The van der Waals surface area contributed by atoms with Crippen LogP contribution in [0, 0.1) is 5.82 Å². The first-order valence-electron chi connectivity index (χ1n) is 9.07. The van der Waals surface area contributed by atoms with Crippen LogP contribution in [0.4, 0.5) is 4.39 Å². The van der Waals surface area contributed by atoms with Gasteiger partial charge in [0.25, 0.3) is 5.91 Å². The molecule has 6 heteroatoms. The number of amides is 1. The quantitative estimate of drug-likeness (QED) is 0.760. The molecule has 0 radical (unpaired) electrons. The van der Waals surface area contributed by atoms with Crippen molar-refractivity contribution in [2.75, 3.05) is 13.2 Å². The maximum absolute atomic E-state index is 13.6. The van der Waals surface area contributed by atoms with Gasteiger partial charge in [-0.15, -0.1) is 0 Å². The number of aromatic nitrogens is 2. The Morgan fingerprint density at radius 1 is 1.19 bits per heavy atom. The summed E-state index contributed by atoms with van der Waals surface area (Å²) in [5.74, 6) is 0.377. The molecule has 0 unspecified atom stereocenters. The molecule has 27 heavy (non-hydrogen) atoms. The molecule has 0 saturated carbocycles. The van der Waals surface area contributed by atoms with Crippen molar-refractivity contribution in [1.29, 1.82) is 0 Å². The summed E-state index contributed by atoms with van der Waals surface area (Å²) in [6.45, 7) is 1.68. The second-order valence-corrected chi connectivity index (χ2v) is 6.91. The van der Waals surface area contributed by atoms with Crippen LogP contribution in [-0.4, -0.2) is 34.2 Å². The van der Waals surface area contributed by atoms with E-state index in [-0.39, 0.29) is 11.7 Å². The lowest BCUT2D eigenvalue weighted by Gasteiger charge is -2.27. The van der Waals surface area contributed by atoms with Crippen LogP contribution < -0.4 is 4.74 Å². The highest BCUT2D eigenvalue weighted by molar-refractivity contribution is 5.97.